The van der Waals surface area contributed by atoms with E-state index in [1.807, 2.05) is 0 Å². The zero-order valence-electron chi connectivity index (χ0n) is 3.39. The van der Waals surface area contributed by atoms with Crippen LogP contribution in [0.2, 0.25) is 0 Å². The summed E-state index contributed by atoms with van der Waals surface area (Å²) in [6.07, 6.45) is 1.17. The average molecular weight is 104 g/mol. The first-order valence-electron chi connectivity index (χ1n) is 1.68. The summed E-state index contributed by atoms with van der Waals surface area (Å²) in [5.41, 5.74) is 5.15. The highest BCUT2D eigenvalue weighted by molar-refractivity contribution is 7.80. The van der Waals surface area contributed by atoms with Crippen molar-refractivity contribution in [3.05, 3.63) is 0 Å². The van der Waals surface area contributed by atoms with Gasteiger partial charge in [0.1, 0.15) is 0 Å². The quantitative estimate of drug-likeness (QED) is 0.332. The minimum absolute atomic E-state index is 0.159. The van der Waals surface area contributed by atoms with E-state index in [1.165, 1.54) is 6.21 Å². The van der Waals surface area contributed by atoms with E-state index in [2.05, 4.69) is 12.6 Å². The Kier molecular flexibility index (Phi) is 3.17. The predicted octanol–water partition coefficient (Wildman–Crippen LogP) is -0.107. The van der Waals surface area contributed by atoms with Crippen molar-refractivity contribution in [3.8, 4) is 0 Å². The summed E-state index contributed by atoms with van der Waals surface area (Å²) in [6, 6.07) is -0.159. The van der Waals surface area contributed by atoms with Gasteiger partial charge in [-0.3, -0.25) is 0 Å². The summed E-state index contributed by atoms with van der Waals surface area (Å²) >= 11 is 3.82. The molecule has 0 aliphatic carbocycles. The van der Waals surface area contributed by atoms with E-state index < -0.39 is 0 Å². The zero-order valence-corrected chi connectivity index (χ0v) is 4.28. The molecular weight excluding hydrogens is 96.1 g/mol. The molecule has 0 spiro atoms. The molecule has 0 saturated carbocycles. The van der Waals surface area contributed by atoms with Crippen molar-refractivity contribution in [2.24, 2.45) is 5.73 Å². The molecule has 0 amide bonds. The van der Waals surface area contributed by atoms with Crippen LogP contribution in [0.4, 0.5) is 0 Å². The second kappa shape index (κ2) is 3.18. The van der Waals surface area contributed by atoms with Gasteiger partial charge in [0.15, 0.2) is 0 Å². The molecular formula is C3H8N2S. The van der Waals surface area contributed by atoms with Gasteiger partial charge < -0.3 is 11.1 Å². The normalized spacial score (nSPS) is 13.7. The van der Waals surface area contributed by atoms with Crippen LogP contribution in [0.3, 0.4) is 0 Å². The number of nitrogens with one attached hydrogen (secondary N) is 1. The lowest BCUT2D eigenvalue weighted by Crippen LogP contribution is -2.22. The van der Waals surface area contributed by atoms with E-state index in [9.17, 15) is 0 Å². The smallest absolute Gasteiger partial charge is 0.0481 e. The van der Waals surface area contributed by atoms with E-state index >= 15 is 0 Å². The number of nitrogens with two attached hydrogens (primary N) is 1. The summed E-state index contributed by atoms with van der Waals surface area (Å²) in [6.45, 7) is 0. The Hall–Kier alpha value is -0.0200. The topological polar surface area (TPSA) is 49.9 Å². The van der Waals surface area contributed by atoms with Crippen LogP contribution in [-0.2, 0) is 0 Å². The molecule has 0 aromatic heterocycles. The van der Waals surface area contributed by atoms with Gasteiger partial charge in [-0.1, -0.05) is 0 Å². The molecule has 0 heterocycles. The molecule has 0 aliphatic rings. The maximum Gasteiger partial charge on any atom is 0.0481 e. The fraction of sp³-hybridized carbons (Fsp3) is 0.667. The summed E-state index contributed by atoms with van der Waals surface area (Å²) < 4.78 is 0. The Morgan fingerprint density at radius 2 is 2.50 bits per heavy atom. The van der Waals surface area contributed by atoms with Crippen LogP contribution in [0, 0.1) is 5.41 Å². The highest BCUT2D eigenvalue weighted by Gasteiger charge is 1.86. The molecule has 0 radical (unpaired) electrons. The minimum atomic E-state index is -0.159. The van der Waals surface area contributed by atoms with Crippen LogP contribution in [-0.4, -0.2) is 18.0 Å². The molecule has 3 heteroatoms. The molecule has 0 aliphatic heterocycles. The van der Waals surface area contributed by atoms with Gasteiger partial charge in [-0.15, -0.1) is 0 Å². The molecule has 36 valence electrons. The van der Waals surface area contributed by atoms with Gasteiger partial charge in [-0.25, -0.2) is 0 Å². The Bertz CT molecular complexity index is 46.1. The molecule has 6 heavy (non-hydrogen) atoms. The van der Waals surface area contributed by atoms with Crippen LogP contribution in [0.5, 0.6) is 0 Å². The van der Waals surface area contributed by atoms with Gasteiger partial charge in [0.25, 0.3) is 0 Å². The number of thiol groups is 1. The standard InChI is InChI=1S/C3H8N2S/c4-1-3(5)2-6/h1,3-4,6H,2,5H2/t3-/m1/s1. The van der Waals surface area contributed by atoms with Gasteiger partial charge in [-0.2, -0.15) is 12.6 Å². The van der Waals surface area contributed by atoms with Gasteiger partial charge in [0.2, 0.25) is 0 Å². The number of rotatable bonds is 2. The van der Waals surface area contributed by atoms with Crippen molar-refractivity contribution in [3.63, 3.8) is 0 Å². The van der Waals surface area contributed by atoms with Crippen molar-refractivity contribution < 1.29 is 0 Å². The Morgan fingerprint density at radius 1 is 2.00 bits per heavy atom. The second-order valence-electron chi connectivity index (χ2n) is 1.01. The van der Waals surface area contributed by atoms with Crippen molar-refractivity contribution in [1.82, 2.24) is 0 Å². The van der Waals surface area contributed by atoms with Gasteiger partial charge in [0.05, 0.1) is 0 Å². The van der Waals surface area contributed by atoms with Crippen LogP contribution < -0.4 is 5.73 Å². The van der Waals surface area contributed by atoms with Crippen LogP contribution in [0.25, 0.3) is 0 Å². The SMILES string of the molecule is N=C[C@@H](N)CS. The maximum absolute atomic E-state index is 6.51. The van der Waals surface area contributed by atoms with Crippen molar-refractivity contribution in [2.45, 2.75) is 6.04 Å². The fourth-order valence-corrected chi connectivity index (χ4v) is 0.158. The third-order valence-corrected chi connectivity index (χ3v) is 0.847. The molecule has 0 rings (SSSR count). The third-order valence-electron chi connectivity index (χ3n) is 0.425. The molecule has 0 bridgehead atoms. The molecule has 0 unspecified atom stereocenters. The molecule has 0 fully saturated rings. The number of hydrogen-bond acceptors (Lipinski definition) is 3. The van der Waals surface area contributed by atoms with E-state index in [-0.39, 0.29) is 6.04 Å². The van der Waals surface area contributed by atoms with Crippen molar-refractivity contribution in [1.29, 1.82) is 5.41 Å². The van der Waals surface area contributed by atoms with Crippen molar-refractivity contribution >= 4 is 18.8 Å². The lowest BCUT2D eigenvalue weighted by atomic mass is 10.4. The second-order valence-corrected chi connectivity index (χ2v) is 1.38. The highest BCUT2D eigenvalue weighted by Crippen LogP contribution is 1.73. The van der Waals surface area contributed by atoms with Gasteiger partial charge >= 0.3 is 0 Å². The molecule has 0 aromatic rings. The maximum atomic E-state index is 6.51. The van der Waals surface area contributed by atoms with Crippen LogP contribution in [0.15, 0.2) is 0 Å². The Morgan fingerprint density at radius 3 is 2.50 bits per heavy atom. The first-order valence-corrected chi connectivity index (χ1v) is 2.31. The van der Waals surface area contributed by atoms with Crippen molar-refractivity contribution in [2.75, 3.05) is 5.75 Å². The largest absolute Gasteiger partial charge is 0.323 e. The van der Waals surface area contributed by atoms with E-state index in [0.29, 0.717) is 5.75 Å². The molecule has 1 atom stereocenters. The first kappa shape index (κ1) is 5.98. The fourth-order valence-electron chi connectivity index (χ4n) is 0.0527. The summed E-state index contributed by atoms with van der Waals surface area (Å²) in [4.78, 5) is 0. The summed E-state index contributed by atoms with van der Waals surface area (Å²) in [5, 5.41) is 6.51. The Balaban J connectivity index is 2.96. The predicted molar refractivity (Wildman–Crippen MR) is 30.6 cm³/mol. The zero-order chi connectivity index (χ0) is 4.99. The third kappa shape index (κ3) is 2.23. The van der Waals surface area contributed by atoms with Crippen LogP contribution >= 0.6 is 12.6 Å². The van der Waals surface area contributed by atoms with E-state index in [4.69, 9.17) is 11.1 Å². The van der Waals surface area contributed by atoms with E-state index in [0.717, 1.165) is 0 Å². The molecule has 0 aromatic carbocycles. The van der Waals surface area contributed by atoms with Crippen LogP contribution in [0.1, 0.15) is 0 Å². The van der Waals surface area contributed by atoms with E-state index in [1.54, 1.807) is 0 Å². The molecule has 2 nitrogen and oxygen atoms in total. The summed E-state index contributed by atoms with van der Waals surface area (Å²) in [5.74, 6) is 0.559. The lowest BCUT2D eigenvalue weighted by Gasteiger charge is -1.92. The lowest BCUT2D eigenvalue weighted by molar-refractivity contribution is 1.01. The monoisotopic (exact) mass is 104 g/mol. The molecule has 3 N–H and O–H groups in total. The minimum Gasteiger partial charge on any atom is -0.323 e. The molecule has 0 saturated heterocycles. The summed E-state index contributed by atoms with van der Waals surface area (Å²) in [7, 11) is 0. The van der Waals surface area contributed by atoms with Gasteiger partial charge in [-0.05, 0) is 0 Å². The first-order chi connectivity index (χ1) is 2.81. The highest BCUT2D eigenvalue weighted by atomic mass is 32.1. The number of hydrogen-bond donors (Lipinski definition) is 3. The average Bonchev–Trinajstić information content (AvgIpc) is 1.65. The Labute approximate surface area is 42.6 Å². The van der Waals surface area contributed by atoms with Gasteiger partial charge in [0, 0.05) is 18.0 Å².